The van der Waals surface area contributed by atoms with Gasteiger partial charge >= 0.3 is 0 Å². The van der Waals surface area contributed by atoms with Crippen LogP contribution in [0.5, 0.6) is 0 Å². The number of hydrogen-bond acceptors (Lipinski definition) is 3. The quantitative estimate of drug-likeness (QED) is 0.818. The number of rotatable bonds is 1. The Bertz CT molecular complexity index is 587. The van der Waals surface area contributed by atoms with E-state index in [9.17, 15) is 4.79 Å². The van der Waals surface area contributed by atoms with Crippen molar-refractivity contribution in [2.75, 3.05) is 0 Å². The number of fused-ring (bicyclic) bond motifs is 3. The lowest BCUT2D eigenvalue weighted by atomic mass is 10.0. The van der Waals surface area contributed by atoms with Crippen molar-refractivity contribution in [2.45, 2.75) is 5.37 Å². The molecule has 84 valence electrons. The summed E-state index contributed by atoms with van der Waals surface area (Å²) in [5.74, 6) is -0.391. The number of benzene rings is 1. The fraction of sp³-hybridized carbons (Fsp3) is 0.0769. The molecule has 4 heteroatoms. The number of allylic oxidation sites excluding steroid dienone is 3. The topological polar surface area (TPSA) is 55.5 Å². The lowest BCUT2D eigenvalue weighted by molar-refractivity contribution is -0.117. The highest BCUT2D eigenvalue weighted by molar-refractivity contribution is 8.05. The van der Waals surface area contributed by atoms with E-state index in [0.29, 0.717) is 0 Å². The van der Waals surface area contributed by atoms with Crippen LogP contribution in [0.2, 0.25) is 0 Å². The second-order valence-corrected chi connectivity index (χ2v) is 4.95. The van der Waals surface area contributed by atoms with Gasteiger partial charge in [-0.25, -0.2) is 0 Å². The number of nitrogens with two attached hydrogens (primary N) is 1. The molecular formula is C13H10N2OS. The Hall–Kier alpha value is -1.81. The summed E-state index contributed by atoms with van der Waals surface area (Å²) in [6, 6.07) is 8.01. The lowest BCUT2D eigenvalue weighted by Gasteiger charge is -2.04. The van der Waals surface area contributed by atoms with E-state index in [2.05, 4.69) is 4.99 Å². The first-order chi connectivity index (χ1) is 8.25. The van der Waals surface area contributed by atoms with Crippen molar-refractivity contribution in [3.63, 3.8) is 0 Å². The van der Waals surface area contributed by atoms with Crippen LogP contribution in [0.15, 0.2) is 46.3 Å². The SMILES string of the molecule is NC(=O)C1N=C2C(=CC=Cc3ccccc32)S1. The number of carbonyl (C=O) groups excluding carboxylic acids is 1. The minimum absolute atomic E-state index is 0.391. The van der Waals surface area contributed by atoms with Crippen LogP contribution in [-0.4, -0.2) is 17.0 Å². The Balaban J connectivity index is 2.15. The molecule has 0 saturated carbocycles. The Labute approximate surface area is 103 Å². The number of aliphatic imine (C=N–C) groups is 1. The Morgan fingerprint density at radius 1 is 1.35 bits per heavy atom. The molecule has 3 nitrogen and oxygen atoms in total. The van der Waals surface area contributed by atoms with Crippen LogP contribution >= 0.6 is 11.8 Å². The van der Waals surface area contributed by atoms with Crippen LogP contribution < -0.4 is 5.73 Å². The van der Waals surface area contributed by atoms with E-state index in [0.717, 1.165) is 21.7 Å². The first-order valence-electron chi connectivity index (χ1n) is 5.27. The van der Waals surface area contributed by atoms with E-state index in [1.165, 1.54) is 11.8 Å². The zero-order valence-electron chi connectivity index (χ0n) is 8.96. The second-order valence-electron chi connectivity index (χ2n) is 3.83. The van der Waals surface area contributed by atoms with Crippen LogP contribution in [-0.2, 0) is 4.79 Å². The third-order valence-electron chi connectivity index (χ3n) is 2.70. The molecule has 0 aromatic heterocycles. The summed E-state index contributed by atoms with van der Waals surface area (Å²) in [5, 5.41) is -0.490. The van der Waals surface area contributed by atoms with Crippen LogP contribution in [0.3, 0.4) is 0 Å². The number of primary amides is 1. The number of amides is 1. The number of nitrogens with zero attached hydrogens (tertiary/aromatic N) is 1. The molecule has 1 amide bonds. The molecule has 0 fully saturated rings. The fourth-order valence-electron chi connectivity index (χ4n) is 1.92. The van der Waals surface area contributed by atoms with E-state index in [1.54, 1.807) is 0 Å². The van der Waals surface area contributed by atoms with Gasteiger partial charge in [0.1, 0.15) is 0 Å². The fourth-order valence-corrected chi connectivity index (χ4v) is 2.87. The van der Waals surface area contributed by atoms with Gasteiger partial charge < -0.3 is 5.73 Å². The zero-order valence-corrected chi connectivity index (χ0v) is 9.78. The first-order valence-corrected chi connectivity index (χ1v) is 6.15. The van der Waals surface area contributed by atoms with Gasteiger partial charge in [0, 0.05) is 10.5 Å². The van der Waals surface area contributed by atoms with Crippen molar-refractivity contribution in [1.82, 2.24) is 0 Å². The molecule has 0 bridgehead atoms. The summed E-state index contributed by atoms with van der Waals surface area (Å²) in [7, 11) is 0. The van der Waals surface area contributed by atoms with Gasteiger partial charge in [-0.15, -0.1) is 0 Å². The van der Waals surface area contributed by atoms with Gasteiger partial charge in [-0.3, -0.25) is 9.79 Å². The summed E-state index contributed by atoms with van der Waals surface area (Å²) in [4.78, 5) is 16.6. The van der Waals surface area contributed by atoms with Crippen LogP contribution in [0, 0.1) is 0 Å². The molecule has 17 heavy (non-hydrogen) atoms. The van der Waals surface area contributed by atoms with Gasteiger partial charge in [0.2, 0.25) is 0 Å². The van der Waals surface area contributed by atoms with E-state index >= 15 is 0 Å². The maximum absolute atomic E-state index is 11.2. The molecule has 1 aliphatic heterocycles. The predicted octanol–water partition coefficient (Wildman–Crippen LogP) is 1.94. The van der Waals surface area contributed by atoms with Crippen molar-refractivity contribution < 1.29 is 4.79 Å². The highest BCUT2D eigenvalue weighted by Gasteiger charge is 2.29. The van der Waals surface area contributed by atoms with Crippen molar-refractivity contribution in [3.8, 4) is 0 Å². The molecule has 3 rings (SSSR count). The standard InChI is InChI=1S/C13H10N2OS/c14-12(16)13-15-11-9-6-2-1-4-8(9)5-3-7-10(11)17-13/h1-7,13H,(H2,14,16). The molecule has 1 atom stereocenters. The van der Waals surface area contributed by atoms with Crippen LogP contribution in [0.25, 0.3) is 6.08 Å². The summed E-state index contributed by atoms with van der Waals surface area (Å²) in [6.07, 6.45) is 6.00. The molecule has 0 saturated heterocycles. The van der Waals surface area contributed by atoms with Crippen molar-refractivity contribution in [3.05, 3.63) is 52.4 Å². The maximum atomic E-state index is 11.2. The summed E-state index contributed by atoms with van der Waals surface area (Å²) in [6.45, 7) is 0. The molecule has 0 spiro atoms. The van der Waals surface area contributed by atoms with E-state index in [-0.39, 0.29) is 0 Å². The predicted molar refractivity (Wildman–Crippen MR) is 70.7 cm³/mol. The van der Waals surface area contributed by atoms with Crippen LogP contribution in [0.4, 0.5) is 0 Å². The smallest absolute Gasteiger partial charge is 0.252 e. The number of carbonyl (C=O) groups is 1. The molecule has 1 heterocycles. The monoisotopic (exact) mass is 242 g/mol. The molecular weight excluding hydrogens is 232 g/mol. The van der Waals surface area contributed by atoms with Gasteiger partial charge in [0.05, 0.1) is 5.71 Å². The van der Waals surface area contributed by atoms with Gasteiger partial charge in [0.15, 0.2) is 5.37 Å². The van der Waals surface area contributed by atoms with Crippen molar-refractivity contribution in [1.29, 1.82) is 0 Å². The van der Waals surface area contributed by atoms with E-state index in [1.807, 2.05) is 42.5 Å². The molecule has 1 aromatic rings. The van der Waals surface area contributed by atoms with Gasteiger partial charge in [-0.05, 0) is 11.6 Å². The molecule has 1 unspecified atom stereocenters. The Kier molecular flexibility index (Phi) is 2.37. The third kappa shape index (κ3) is 1.70. The van der Waals surface area contributed by atoms with Crippen molar-refractivity contribution in [2.24, 2.45) is 10.7 Å². The third-order valence-corrected chi connectivity index (χ3v) is 3.85. The van der Waals surface area contributed by atoms with E-state index in [4.69, 9.17) is 5.73 Å². The molecule has 0 radical (unpaired) electrons. The van der Waals surface area contributed by atoms with E-state index < -0.39 is 11.3 Å². The lowest BCUT2D eigenvalue weighted by Crippen LogP contribution is -2.22. The molecule has 2 N–H and O–H groups in total. The summed E-state index contributed by atoms with van der Waals surface area (Å²) >= 11 is 1.41. The largest absolute Gasteiger partial charge is 0.367 e. The normalized spacial score (nSPS) is 21.1. The second kappa shape index (κ2) is 3.89. The molecule has 1 aliphatic carbocycles. The first kappa shape index (κ1) is 10.4. The highest BCUT2D eigenvalue weighted by atomic mass is 32.2. The molecule has 2 aliphatic rings. The highest BCUT2D eigenvalue weighted by Crippen LogP contribution is 2.36. The van der Waals surface area contributed by atoms with Gasteiger partial charge in [0.25, 0.3) is 5.91 Å². The summed E-state index contributed by atoms with van der Waals surface area (Å²) in [5.41, 5.74) is 8.35. The zero-order chi connectivity index (χ0) is 11.8. The Morgan fingerprint density at radius 3 is 3.00 bits per heavy atom. The van der Waals surface area contributed by atoms with Gasteiger partial charge in [-0.1, -0.05) is 48.2 Å². The maximum Gasteiger partial charge on any atom is 0.252 e. The number of thioether (sulfide) groups is 1. The van der Waals surface area contributed by atoms with Gasteiger partial charge in [-0.2, -0.15) is 0 Å². The Morgan fingerprint density at radius 2 is 2.18 bits per heavy atom. The minimum atomic E-state index is -0.490. The average Bonchev–Trinajstić information content (AvgIpc) is 2.67. The van der Waals surface area contributed by atoms with Crippen molar-refractivity contribution >= 4 is 29.5 Å². The minimum Gasteiger partial charge on any atom is -0.367 e. The number of hydrogen-bond donors (Lipinski definition) is 1. The summed E-state index contributed by atoms with van der Waals surface area (Å²) < 4.78 is 0. The average molecular weight is 242 g/mol. The van der Waals surface area contributed by atoms with Crippen LogP contribution in [0.1, 0.15) is 11.1 Å². The molecule has 1 aromatic carbocycles.